The summed E-state index contributed by atoms with van der Waals surface area (Å²) in [5, 5.41) is 15.3. The molecule has 1 fully saturated rings. The molecule has 2 aliphatic rings. The Kier molecular flexibility index (Phi) is 6.66. The number of rotatable bonds is 6. The average molecular weight is 484 g/mol. The molecule has 0 bridgehead atoms. The van der Waals surface area contributed by atoms with E-state index in [0.29, 0.717) is 18.5 Å². The van der Waals surface area contributed by atoms with Gasteiger partial charge in [0.25, 0.3) is 0 Å². The number of hydrogen-bond acceptors (Lipinski definition) is 6. The fourth-order valence-electron chi connectivity index (χ4n) is 5.80. The zero-order valence-electron chi connectivity index (χ0n) is 22.0. The van der Waals surface area contributed by atoms with Gasteiger partial charge in [0.2, 0.25) is 5.88 Å². The lowest BCUT2D eigenvalue weighted by Crippen LogP contribution is -2.62. The number of pyridine rings is 1. The van der Waals surface area contributed by atoms with Crippen molar-refractivity contribution < 1.29 is 4.74 Å². The topological polar surface area (TPSA) is 62.1 Å². The zero-order valence-corrected chi connectivity index (χ0v) is 22.0. The maximum absolute atomic E-state index is 6.10. The van der Waals surface area contributed by atoms with Crippen LogP contribution in [0.5, 0.6) is 5.88 Å². The lowest BCUT2D eigenvalue weighted by atomic mass is 9.79. The molecule has 1 unspecified atom stereocenters. The monoisotopic (exact) mass is 483 g/mol. The molecule has 3 heterocycles. The van der Waals surface area contributed by atoms with Crippen molar-refractivity contribution in [3.05, 3.63) is 78.0 Å². The van der Waals surface area contributed by atoms with E-state index in [2.05, 4.69) is 91.5 Å². The van der Waals surface area contributed by atoms with Crippen molar-refractivity contribution in [1.82, 2.24) is 15.2 Å². The molecule has 6 heteroatoms. The number of azo groups is 1. The molecule has 2 aromatic carbocycles. The van der Waals surface area contributed by atoms with Gasteiger partial charge < -0.3 is 10.1 Å². The first-order chi connectivity index (χ1) is 17.2. The van der Waals surface area contributed by atoms with Gasteiger partial charge in [0, 0.05) is 40.7 Å². The summed E-state index contributed by atoms with van der Waals surface area (Å²) in [5.74, 6) is 0.639. The van der Waals surface area contributed by atoms with Gasteiger partial charge in [-0.25, -0.2) is 4.98 Å². The second kappa shape index (κ2) is 9.75. The SMILES string of the molecule is CN(C1CC(C)(C)NC(C)(C)C1)C1CC=C(c2ccc3ccnc(OCc4ccccc4)c3c2)N=N1. The summed E-state index contributed by atoms with van der Waals surface area (Å²) in [7, 11) is 2.20. The van der Waals surface area contributed by atoms with Crippen LogP contribution in [0.1, 0.15) is 58.1 Å². The van der Waals surface area contributed by atoms with Crippen LogP contribution in [-0.2, 0) is 6.61 Å². The van der Waals surface area contributed by atoms with Crippen LogP contribution in [-0.4, -0.2) is 40.2 Å². The first-order valence-electron chi connectivity index (χ1n) is 12.9. The Morgan fingerprint density at radius 3 is 2.44 bits per heavy atom. The Hall–Kier alpha value is -3.09. The molecule has 1 N–H and O–H groups in total. The average Bonchev–Trinajstić information content (AvgIpc) is 2.85. The molecule has 1 atom stereocenters. The Morgan fingerprint density at radius 2 is 1.75 bits per heavy atom. The number of piperidine rings is 1. The Labute approximate surface area is 214 Å². The summed E-state index contributed by atoms with van der Waals surface area (Å²) in [4.78, 5) is 6.93. The predicted molar refractivity (Wildman–Crippen MR) is 146 cm³/mol. The van der Waals surface area contributed by atoms with E-state index in [-0.39, 0.29) is 17.2 Å². The Bertz CT molecular complexity index is 1260. The van der Waals surface area contributed by atoms with Gasteiger partial charge in [-0.2, -0.15) is 10.2 Å². The minimum atomic E-state index is 0.0651. The largest absolute Gasteiger partial charge is 0.472 e. The summed E-state index contributed by atoms with van der Waals surface area (Å²) in [6, 6.07) is 19.0. The molecule has 5 rings (SSSR count). The van der Waals surface area contributed by atoms with Gasteiger partial charge in [0.1, 0.15) is 12.8 Å². The van der Waals surface area contributed by atoms with Gasteiger partial charge in [-0.15, -0.1) is 0 Å². The van der Waals surface area contributed by atoms with E-state index in [1.807, 2.05) is 24.3 Å². The van der Waals surface area contributed by atoms with E-state index in [1.54, 1.807) is 6.20 Å². The third-order valence-electron chi connectivity index (χ3n) is 7.28. The second-order valence-electron chi connectivity index (χ2n) is 11.5. The molecule has 1 saturated heterocycles. The highest BCUT2D eigenvalue weighted by molar-refractivity contribution is 5.89. The van der Waals surface area contributed by atoms with Crippen LogP contribution < -0.4 is 10.1 Å². The van der Waals surface area contributed by atoms with Crippen LogP contribution in [0.4, 0.5) is 0 Å². The van der Waals surface area contributed by atoms with Crippen LogP contribution >= 0.6 is 0 Å². The molecule has 0 amide bonds. The van der Waals surface area contributed by atoms with Gasteiger partial charge in [-0.05, 0) is 70.7 Å². The lowest BCUT2D eigenvalue weighted by Gasteiger charge is -2.49. The second-order valence-corrected chi connectivity index (χ2v) is 11.5. The molecular formula is C30H37N5O. The summed E-state index contributed by atoms with van der Waals surface area (Å²) >= 11 is 0. The number of fused-ring (bicyclic) bond motifs is 1. The molecule has 0 saturated carbocycles. The summed E-state index contributed by atoms with van der Waals surface area (Å²) in [6.07, 6.45) is 7.12. The van der Waals surface area contributed by atoms with Gasteiger partial charge in [-0.3, -0.25) is 4.90 Å². The third-order valence-corrected chi connectivity index (χ3v) is 7.28. The molecule has 2 aliphatic heterocycles. The van der Waals surface area contributed by atoms with E-state index in [4.69, 9.17) is 9.85 Å². The molecule has 188 valence electrons. The maximum Gasteiger partial charge on any atom is 0.221 e. The van der Waals surface area contributed by atoms with Crippen LogP contribution in [0, 0.1) is 0 Å². The number of aromatic nitrogens is 1. The molecular weight excluding hydrogens is 446 g/mol. The predicted octanol–water partition coefficient (Wildman–Crippen LogP) is 6.58. The third kappa shape index (κ3) is 5.50. The van der Waals surface area contributed by atoms with Crippen LogP contribution in [0.25, 0.3) is 16.5 Å². The lowest BCUT2D eigenvalue weighted by molar-refractivity contribution is 0.0574. The first kappa shape index (κ1) is 24.6. The van der Waals surface area contributed by atoms with Crippen molar-refractivity contribution in [3.63, 3.8) is 0 Å². The zero-order chi connectivity index (χ0) is 25.3. The summed E-state index contributed by atoms with van der Waals surface area (Å²) in [6.45, 7) is 9.66. The number of nitrogens with zero attached hydrogens (tertiary/aromatic N) is 4. The first-order valence-corrected chi connectivity index (χ1v) is 12.9. The van der Waals surface area contributed by atoms with Crippen LogP contribution in [0.2, 0.25) is 0 Å². The van der Waals surface area contributed by atoms with Gasteiger partial charge >= 0.3 is 0 Å². The van der Waals surface area contributed by atoms with Gasteiger partial charge in [0.05, 0.1) is 5.70 Å². The number of hydrogen-bond donors (Lipinski definition) is 1. The highest BCUT2D eigenvalue weighted by Gasteiger charge is 2.40. The van der Waals surface area contributed by atoms with Crippen LogP contribution in [0.3, 0.4) is 0 Å². The molecule has 36 heavy (non-hydrogen) atoms. The standard InChI is InChI=1S/C30H37N5O/c1-29(2)18-24(19-30(3,4)34-29)35(5)27-14-13-26(32-33-27)23-12-11-22-15-16-31-28(25(22)17-23)36-20-21-9-7-6-8-10-21/h6-13,15-17,24,27,34H,14,18-20H2,1-5H3. The highest BCUT2D eigenvalue weighted by atomic mass is 16.5. The number of ether oxygens (including phenoxy) is 1. The fourth-order valence-corrected chi connectivity index (χ4v) is 5.80. The smallest absolute Gasteiger partial charge is 0.221 e. The van der Waals surface area contributed by atoms with Crippen molar-refractivity contribution in [2.75, 3.05) is 7.05 Å². The Balaban J connectivity index is 1.31. The van der Waals surface area contributed by atoms with E-state index in [1.165, 1.54) is 0 Å². The molecule has 1 aromatic heterocycles. The van der Waals surface area contributed by atoms with Crippen molar-refractivity contribution in [3.8, 4) is 5.88 Å². The molecule has 6 nitrogen and oxygen atoms in total. The highest BCUT2D eigenvalue weighted by Crippen LogP contribution is 2.34. The van der Waals surface area contributed by atoms with Gasteiger partial charge in [0.15, 0.2) is 0 Å². The quantitative estimate of drug-likeness (QED) is 0.430. The van der Waals surface area contributed by atoms with E-state index in [0.717, 1.165) is 46.9 Å². The summed E-state index contributed by atoms with van der Waals surface area (Å²) < 4.78 is 6.10. The fraction of sp³-hybridized carbons (Fsp3) is 0.433. The molecule has 0 spiro atoms. The maximum atomic E-state index is 6.10. The van der Waals surface area contributed by atoms with Crippen molar-refractivity contribution in [2.24, 2.45) is 10.2 Å². The van der Waals surface area contributed by atoms with Crippen molar-refractivity contribution in [1.29, 1.82) is 0 Å². The number of benzene rings is 2. The Morgan fingerprint density at radius 1 is 1.00 bits per heavy atom. The van der Waals surface area contributed by atoms with Gasteiger partial charge in [-0.1, -0.05) is 48.5 Å². The number of nitrogens with one attached hydrogen (secondary N) is 1. The van der Waals surface area contributed by atoms with Crippen molar-refractivity contribution in [2.45, 2.75) is 76.8 Å². The molecule has 0 aliphatic carbocycles. The molecule has 3 aromatic rings. The van der Waals surface area contributed by atoms with Crippen molar-refractivity contribution >= 4 is 16.5 Å². The molecule has 0 radical (unpaired) electrons. The van der Waals surface area contributed by atoms with E-state index in [9.17, 15) is 0 Å². The van der Waals surface area contributed by atoms with Crippen LogP contribution in [0.15, 0.2) is 77.1 Å². The normalized spacial score (nSPS) is 21.5. The van der Waals surface area contributed by atoms with E-state index >= 15 is 0 Å². The van der Waals surface area contributed by atoms with E-state index < -0.39 is 0 Å². The minimum absolute atomic E-state index is 0.0651. The summed E-state index contributed by atoms with van der Waals surface area (Å²) in [5.41, 5.74) is 3.27. The minimum Gasteiger partial charge on any atom is -0.472 e.